The number of likely N-dealkylation sites (tertiary alicyclic amines) is 1. The van der Waals surface area contributed by atoms with E-state index in [0.29, 0.717) is 31.2 Å². The number of hydrogen-bond acceptors (Lipinski definition) is 5. The predicted molar refractivity (Wildman–Crippen MR) is 157 cm³/mol. The number of piperidine rings is 1. The van der Waals surface area contributed by atoms with Crippen molar-refractivity contribution in [2.75, 3.05) is 31.5 Å². The van der Waals surface area contributed by atoms with Crippen LogP contribution in [0.1, 0.15) is 57.1 Å². The third-order valence-electron chi connectivity index (χ3n) is 7.04. The molecule has 0 saturated carbocycles. The second-order valence-corrected chi connectivity index (χ2v) is 11.4. The van der Waals surface area contributed by atoms with Gasteiger partial charge in [0.25, 0.3) is 5.56 Å². The Kier molecular flexibility index (Phi) is 9.76. The van der Waals surface area contributed by atoms with Gasteiger partial charge in [-0.3, -0.25) is 4.79 Å². The molecule has 1 saturated heterocycles. The lowest BCUT2D eigenvalue weighted by Crippen LogP contribution is -2.46. The van der Waals surface area contributed by atoms with Crippen molar-refractivity contribution in [3.63, 3.8) is 0 Å². The van der Waals surface area contributed by atoms with Gasteiger partial charge in [0.2, 0.25) is 0 Å². The van der Waals surface area contributed by atoms with Crippen LogP contribution in [0.4, 0.5) is 10.6 Å². The lowest BCUT2D eigenvalue weighted by molar-refractivity contribution is 0.213. The molecular formula is C31H42N6O2. The Bertz CT molecular complexity index is 1190. The first-order valence-corrected chi connectivity index (χ1v) is 14.0. The Balaban J connectivity index is 1.27. The van der Waals surface area contributed by atoms with Gasteiger partial charge in [-0.1, -0.05) is 60.7 Å². The monoisotopic (exact) mass is 530 g/mol. The topological polar surface area (TPSA) is 91.3 Å². The van der Waals surface area contributed by atoms with Crippen molar-refractivity contribution >= 4 is 11.8 Å². The number of urea groups is 1. The van der Waals surface area contributed by atoms with Crippen molar-refractivity contribution in [2.24, 2.45) is 0 Å². The summed E-state index contributed by atoms with van der Waals surface area (Å²) in [6.45, 7) is 9.73. The summed E-state index contributed by atoms with van der Waals surface area (Å²) in [5, 5.41) is 9.13. The number of hydrogen-bond donors (Lipinski definition) is 3. The minimum atomic E-state index is -0.283. The van der Waals surface area contributed by atoms with Crippen LogP contribution in [0.25, 0.3) is 0 Å². The molecule has 1 aliphatic rings. The zero-order valence-electron chi connectivity index (χ0n) is 23.4. The maximum absolute atomic E-state index is 13.0. The van der Waals surface area contributed by atoms with Gasteiger partial charge < -0.3 is 25.4 Å². The summed E-state index contributed by atoms with van der Waals surface area (Å²) in [7, 11) is 0. The molecule has 0 spiro atoms. The summed E-state index contributed by atoms with van der Waals surface area (Å²) < 4.78 is 1.66. The normalized spacial score (nSPS) is 14.8. The third kappa shape index (κ3) is 8.68. The van der Waals surface area contributed by atoms with Crippen molar-refractivity contribution in [3.8, 4) is 0 Å². The average Bonchev–Trinajstić information content (AvgIpc) is 2.92. The number of anilines is 1. The molecule has 0 atom stereocenters. The number of carbonyl (C=O) groups is 1. The fourth-order valence-corrected chi connectivity index (χ4v) is 5.04. The van der Waals surface area contributed by atoms with Crippen LogP contribution in [0.5, 0.6) is 0 Å². The molecule has 1 fully saturated rings. The van der Waals surface area contributed by atoms with Gasteiger partial charge in [0.15, 0.2) is 5.82 Å². The highest BCUT2D eigenvalue weighted by molar-refractivity contribution is 5.74. The van der Waals surface area contributed by atoms with E-state index < -0.39 is 0 Å². The van der Waals surface area contributed by atoms with E-state index in [1.165, 1.54) is 11.1 Å². The highest BCUT2D eigenvalue weighted by Gasteiger charge is 2.24. The second kappa shape index (κ2) is 13.4. The highest BCUT2D eigenvalue weighted by Crippen LogP contribution is 2.27. The van der Waals surface area contributed by atoms with Crippen LogP contribution in [-0.2, 0) is 6.54 Å². The molecule has 39 heavy (non-hydrogen) atoms. The van der Waals surface area contributed by atoms with Crippen molar-refractivity contribution in [3.05, 3.63) is 94.5 Å². The molecule has 8 heteroatoms. The number of aryl methyl sites for hydroxylation is 1. The molecule has 0 radical (unpaired) electrons. The van der Waals surface area contributed by atoms with Crippen LogP contribution in [0.2, 0.25) is 0 Å². The van der Waals surface area contributed by atoms with E-state index in [0.717, 1.165) is 32.5 Å². The number of nitrogens with zero attached hydrogens (tertiary/aromatic N) is 3. The first-order valence-electron chi connectivity index (χ1n) is 14.0. The van der Waals surface area contributed by atoms with Crippen LogP contribution in [0.15, 0.2) is 77.9 Å². The van der Waals surface area contributed by atoms with E-state index in [-0.39, 0.29) is 23.2 Å². The Hall–Kier alpha value is -3.65. The largest absolute Gasteiger partial charge is 0.363 e. The maximum Gasteiger partial charge on any atom is 0.315 e. The summed E-state index contributed by atoms with van der Waals surface area (Å²) in [5.41, 5.74) is 2.27. The Morgan fingerprint density at radius 1 is 1.00 bits per heavy atom. The molecule has 1 aromatic heterocycles. The number of amides is 2. The van der Waals surface area contributed by atoms with Gasteiger partial charge in [-0.2, -0.15) is 0 Å². The first-order chi connectivity index (χ1) is 18.8. The van der Waals surface area contributed by atoms with E-state index in [2.05, 4.69) is 86.5 Å². The van der Waals surface area contributed by atoms with Crippen LogP contribution in [0, 0.1) is 0 Å². The second-order valence-electron chi connectivity index (χ2n) is 11.4. The van der Waals surface area contributed by atoms with Crippen LogP contribution < -0.4 is 21.5 Å². The zero-order valence-corrected chi connectivity index (χ0v) is 23.4. The van der Waals surface area contributed by atoms with Gasteiger partial charge in [0.1, 0.15) is 0 Å². The molecule has 2 aromatic carbocycles. The smallest absolute Gasteiger partial charge is 0.315 e. The van der Waals surface area contributed by atoms with Gasteiger partial charge >= 0.3 is 6.03 Å². The molecule has 3 aromatic rings. The maximum atomic E-state index is 13.0. The SMILES string of the molecule is CC(C)(C)NC(=O)NCCCn1ccnc(NC2CCN(CC(c3ccccc3)c3ccccc3)CC2)c1=O. The molecule has 2 amide bonds. The molecule has 0 bridgehead atoms. The number of carbonyl (C=O) groups excluding carboxylic acids is 1. The third-order valence-corrected chi connectivity index (χ3v) is 7.04. The summed E-state index contributed by atoms with van der Waals surface area (Å²) in [5.74, 6) is 0.731. The van der Waals surface area contributed by atoms with E-state index in [4.69, 9.17) is 0 Å². The minimum absolute atomic E-state index is 0.118. The molecule has 8 nitrogen and oxygen atoms in total. The Labute approximate surface area is 231 Å². The fourth-order valence-electron chi connectivity index (χ4n) is 5.04. The summed E-state index contributed by atoms with van der Waals surface area (Å²) in [6.07, 6.45) is 5.95. The molecular weight excluding hydrogens is 488 g/mol. The highest BCUT2D eigenvalue weighted by atomic mass is 16.2. The Morgan fingerprint density at radius 3 is 2.21 bits per heavy atom. The molecule has 2 heterocycles. The van der Waals surface area contributed by atoms with Crippen molar-refractivity contribution in [1.29, 1.82) is 0 Å². The van der Waals surface area contributed by atoms with E-state index >= 15 is 0 Å². The standard InChI is InChI=1S/C31H42N6O2/c1-31(2,3)35-30(39)33-17-10-19-37-22-18-32-28(29(37)38)34-26-15-20-36(21-16-26)23-27(24-11-6-4-7-12-24)25-13-8-5-9-14-25/h4-9,11-14,18,22,26-27H,10,15-17,19-21,23H2,1-3H3,(H,32,34)(H2,33,35,39). The van der Waals surface area contributed by atoms with Crippen LogP contribution >= 0.6 is 0 Å². The number of nitrogens with one attached hydrogen (secondary N) is 3. The van der Waals surface area contributed by atoms with E-state index in [9.17, 15) is 9.59 Å². The van der Waals surface area contributed by atoms with Gasteiger partial charge in [0.05, 0.1) is 0 Å². The van der Waals surface area contributed by atoms with Gasteiger partial charge in [-0.25, -0.2) is 9.78 Å². The minimum Gasteiger partial charge on any atom is -0.363 e. The first kappa shape index (κ1) is 28.4. The molecule has 0 unspecified atom stereocenters. The molecule has 1 aliphatic heterocycles. The summed E-state index contributed by atoms with van der Waals surface area (Å²) >= 11 is 0. The van der Waals surface area contributed by atoms with Crippen molar-refractivity contribution < 1.29 is 4.79 Å². The fraction of sp³-hybridized carbons (Fsp3) is 0.452. The lowest BCUT2D eigenvalue weighted by atomic mass is 9.90. The zero-order chi connectivity index (χ0) is 27.7. The van der Waals surface area contributed by atoms with Crippen LogP contribution in [-0.4, -0.2) is 58.2 Å². The van der Waals surface area contributed by atoms with Gasteiger partial charge in [0, 0.05) is 62.6 Å². The van der Waals surface area contributed by atoms with E-state index in [1.54, 1.807) is 17.0 Å². The molecule has 4 rings (SSSR count). The van der Waals surface area contributed by atoms with Crippen molar-refractivity contribution in [1.82, 2.24) is 25.1 Å². The van der Waals surface area contributed by atoms with Crippen molar-refractivity contribution in [2.45, 2.75) is 64.1 Å². The van der Waals surface area contributed by atoms with Gasteiger partial charge in [-0.15, -0.1) is 0 Å². The average molecular weight is 531 g/mol. The molecule has 0 aliphatic carbocycles. The molecule has 208 valence electrons. The van der Waals surface area contributed by atoms with E-state index in [1.807, 2.05) is 20.8 Å². The summed E-state index contributed by atoms with van der Waals surface area (Å²) in [4.78, 5) is 31.8. The number of rotatable bonds is 10. The number of aromatic nitrogens is 2. The van der Waals surface area contributed by atoms with Gasteiger partial charge in [-0.05, 0) is 51.2 Å². The predicted octanol–water partition coefficient (Wildman–Crippen LogP) is 4.44. The lowest BCUT2D eigenvalue weighted by Gasteiger charge is -2.35. The quantitative estimate of drug-likeness (QED) is 0.337. The Morgan fingerprint density at radius 2 is 1.62 bits per heavy atom. The van der Waals surface area contributed by atoms with Crippen LogP contribution in [0.3, 0.4) is 0 Å². The summed E-state index contributed by atoms with van der Waals surface area (Å²) in [6, 6.07) is 21.5. The molecule has 3 N–H and O–H groups in total. The number of benzene rings is 2.